The number of amides is 1. The zero-order valence-electron chi connectivity index (χ0n) is 18.3. The molecule has 0 bridgehead atoms. The first-order valence-corrected chi connectivity index (χ1v) is 12.5. The summed E-state index contributed by atoms with van der Waals surface area (Å²) in [5.41, 5.74) is 3.56. The average molecular weight is 520 g/mol. The second kappa shape index (κ2) is 12.0. The van der Waals surface area contributed by atoms with Crippen molar-refractivity contribution in [1.29, 1.82) is 0 Å². The lowest BCUT2D eigenvalue weighted by Gasteiger charge is -2.22. The van der Waals surface area contributed by atoms with Gasteiger partial charge in [-0.15, -0.1) is 0 Å². The number of nitrogens with zero attached hydrogens (tertiary/aromatic N) is 2. The van der Waals surface area contributed by atoms with Crippen LogP contribution in [0.4, 0.5) is 0 Å². The molecule has 3 rings (SSSR count). The van der Waals surface area contributed by atoms with Gasteiger partial charge in [-0.1, -0.05) is 59.6 Å². The Morgan fingerprint density at radius 1 is 1.06 bits per heavy atom. The van der Waals surface area contributed by atoms with Gasteiger partial charge in [0.15, 0.2) is 0 Å². The fourth-order valence-electron chi connectivity index (χ4n) is 3.05. The van der Waals surface area contributed by atoms with Crippen LogP contribution in [0.25, 0.3) is 0 Å². The van der Waals surface area contributed by atoms with Crippen molar-refractivity contribution < 1.29 is 17.9 Å². The molecule has 0 aromatic heterocycles. The summed E-state index contributed by atoms with van der Waals surface area (Å²) in [6.45, 7) is 1.75. The van der Waals surface area contributed by atoms with Crippen molar-refractivity contribution in [1.82, 2.24) is 9.73 Å². The molecule has 1 N–H and O–H groups in total. The smallest absolute Gasteiger partial charge is 0.255 e. The number of halogens is 2. The molecule has 0 saturated heterocycles. The molecule has 0 heterocycles. The fraction of sp³-hybridized carbons (Fsp3) is 0.167. The minimum atomic E-state index is -4.00. The standard InChI is InChI=1S/C24H23Cl2N3O4S/c1-2-33-23-11-7-6-8-18(23)15-27-28-24(30)17-29(16-19-12-13-20(25)14-22(19)26)34(31,32)21-9-4-3-5-10-21/h3-15H,2,16-17H2,1H3,(H,28,30)/b27-15-. The van der Waals surface area contributed by atoms with E-state index in [1.54, 1.807) is 42.5 Å². The molecule has 0 unspecified atom stereocenters. The van der Waals surface area contributed by atoms with Crippen molar-refractivity contribution in [2.24, 2.45) is 5.10 Å². The van der Waals surface area contributed by atoms with Crippen LogP contribution < -0.4 is 10.2 Å². The Morgan fingerprint density at radius 2 is 1.76 bits per heavy atom. The molecule has 0 atom stereocenters. The van der Waals surface area contributed by atoms with E-state index < -0.39 is 22.5 Å². The highest BCUT2D eigenvalue weighted by Gasteiger charge is 2.27. The molecule has 7 nitrogen and oxygen atoms in total. The molecule has 0 spiro atoms. The van der Waals surface area contributed by atoms with Gasteiger partial charge in [-0.2, -0.15) is 9.41 Å². The number of benzene rings is 3. The second-order valence-corrected chi connectivity index (χ2v) is 9.87. The lowest BCUT2D eigenvalue weighted by atomic mass is 10.2. The molecule has 0 aliphatic heterocycles. The Balaban J connectivity index is 1.80. The van der Waals surface area contributed by atoms with Crippen LogP contribution in [-0.2, 0) is 21.4 Å². The summed E-state index contributed by atoms with van der Waals surface area (Å²) in [5.74, 6) is 0.00314. The van der Waals surface area contributed by atoms with E-state index >= 15 is 0 Å². The van der Waals surface area contributed by atoms with Crippen LogP contribution in [0.15, 0.2) is 82.8 Å². The maximum atomic E-state index is 13.3. The maximum absolute atomic E-state index is 13.3. The highest BCUT2D eigenvalue weighted by atomic mass is 35.5. The SMILES string of the molecule is CCOc1ccccc1/C=N\NC(=O)CN(Cc1ccc(Cl)cc1Cl)S(=O)(=O)c1ccccc1. The number of carbonyl (C=O) groups excluding carboxylic acids is 1. The molecule has 34 heavy (non-hydrogen) atoms. The lowest BCUT2D eigenvalue weighted by Crippen LogP contribution is -2.39. The van der Waals surface area contributed by atoms with Crippen LogP contribution in [0.3, 0.4) is 0 Å². The topological polar surface area (TPSA) is 88.1 Å². The van der Waals surface area contributed by atoms with Gasteiger partial charge >= 0.3 is 0 Å². The molecule has 0 fully saturated rings. The monoisotopic (exact) mass is 519 g/mol. The summed E-state index contributed by atoms with van der Waals surface area (Å²) < 4.78 is 33.1. The van der Waals surface area contributed by atoms with Crippen LogP contribution in [0.2, 0.25) is 10.0 Å². The van der Waals surface area contributed by atoms with E-state index in [0.717, 1.165) is 4.31 Å². The number of carbonyl (C=O) groups is 1. The van der Waals surface area contributed by atoms with Gasteiger partial charge in [0.1, 0.15) is 5.75 Å². The highest BCUT2D eigenvalue weighted by molar-refractivity contribution is 7.89. The third-order valence-corrected chi connectivity index (χ3v) is 7.07. The predicted molar refractivity (Wildman–Crippen MR) is 134 cm³/mol. The molecule has 0 radical (unpaired) electrons. The van der Waals surface area contributed by atoms with Gasteiger partial charge < -0.3 is 4.74 Å². The third-order valence-electron chi connectivity index (χ3n) is 4.67. The number of rotatable bonds is 10. The Bertz CT molecular complexity index is 1270. The molecule has 1 amide bonds. The Labute approximate surface area is 209 Å². The average Bonchev–Trinajstić information content (AvgIpc) is 2.82. The van der Waals surface area contributed by atoms with Crippen molar-refractivity contribution in [3.05, 3.63) is 94.0 Å². The highest BCUT2D eigenvalue weighted by Crippen LogP contribution is 2.25. The first-order chi connectivity index (χ1) is 16.3. The number of hydrogen-bond acceptors (Lipinski definition) is 5. The van der Waals surface area contributed by atoms with Gasteiger partial charge in [-0.05, 0) is 48.9 Å². The van der Waals surface area contributed by atoms with Gasteiger partial charge in [0.05, 0.1) is 24.3 Å². The van der Waals surface area contributed by atoms with Crippen molar-refractivity contribution in [3.8, 4) is 5.75 Å². The normalized spacial score (nSPS) is 11.6. The number of ether oxygens (including phenoxy) is 1. The molecular weight excluding hydrogens is 497 g/mol. The number of para-hydroxylation sites is 1. The first-order valence-electron chi connectivity index (χ1n) is 10.3. The van der Waals surface area contributed by atoms with Crippen LogP contribution in [0, 0.1) is 0 Å². The molecule has 178 valence electrons. The fourth-order valence-corrected chi connectivity index (χ4v) is 4.91. The molecule has 0 aliphatic carbocycles. The maximum Gasteiger partial charge on any atom is 0.255 e. The third kappa shape index (κ3) is 6.80. The summed E-state index contributed by atoms with van der Waals surface area (Å²) in [4.78, 5) is 12.7. The number of hydrogen-bond donors (Lipinski definition) is 1. The Morgan fingerprint density at radius 3 is 2.47 bits per heavy atom. The number of sulfonamides is 1. The van der Waals surface area contributed by atoms with E-state index in [1.165, 1.54) is 24.4 Å². The summed E-state index contributed by atoms with van der Waals surface area (Å²) in [6.07, 6.45) is 1.44. The Hall–Kier alpha value is -2.91. The van der Waals surface area contributed by atoms with Crippen molar-refractivity contribution in [2.45, 2.75) is 18.4 Å². The summed E-state index contributed by atoms with van der Waals surface area (Å²) in [7, 11) is -4.00. The molecule has 3 aromatic carbocycles. The van der Waals surface area contributed by atoms with E-state index in [9.17, 15) is 13.2 Å². The molecule has 0 aliphatic rings. The van der Waals surface area contributed by atoms with Gasteiger partial charge in [0.25, 0.3) is 5.91 Å². The summed E-state index contributed by atoms with van der Waals surface area (Å²) >= 11 is 12.2. The van der Waals surface area contributed by atoms with E-state index in [-0.39, 0.29) is 11.4 Å². The van der Waals surface area contributed by atoms with Gasteiger partial charge in [0, 0.05) is 22.2 Å². The lowest BCUT2D eigenvalue weighted by molar-refractivity contribution is -0.121. The van der Waals surface area contributed by atoms with E-state index in [1.807, 2.05) is 19.1 Å². The minimum absolute atomic E-state index is 0.0574. The van der Waals surface area contributed by atoms with Crippen molar-refractivity contribution in [2.75, 3.05) is 13.2 Å². The second-order valence-electron chi connectivity index (χ2n) is 7.09. The first kappa shape index (κ1) is 25.7. The molecule has 0 saturated carbocycles. The number of nitrogens with one attached hydrogen (secondary N) is 1. The zero-order chi connectivity index (χ0) is 24.6. The van der Waals surface area contributed by atoms with Crippen LogP contribution in [0.1, 0.15) is 18.1 Å². The summed E-state index contributed by atoms with van der Waals surface area (Å²) in [6, 6.07) is 19.8. The van der Waals surface area contributed by atoms with E-state index in [4.69, 9.17) is 27.9 Å². The Kier molecular flexibility index (Phi) is 9.06. The quantitative estimate of drug-likeness (QED) is 0.309. The van der Waals surface area contributed by atoms with Crippen LogP contribution >= 0.6 is 23.2 Å². The molecule has 10 heteroatoms. The van der Waals surface area contributed by atoms with Crippen LogP contribution in [-0.4, -0.2) is 38.0 Å². The molecule has 3 aromatic rings. The minimum Gasteiger partial charge on any atom is -0.493 e. The van der Waals surface area contributed by atoms with Crippen molar-refractivity contribution in [3.63, 3.8) is 0 Å². The van der Waals surface area contributed by atoms with E-state index in [0.29, 0.717) is 33.5 Å². The van der Waals surface area contributed by atoms with Crippen LogP contribution in [0.5, 0.6) is 5.75 Å². The predicted octanol–water partition coefficient (Wildman–Crippen LogP) is 4.73. The zero-order valence-corrected chi connectivity index (χ0v) is 20.6. The van der Waals surface area contributed by atoms with Gasteiger partial charge in [-0.3, -0.25) is 4.79 Å². The summed E-state index contributed by atoms with van der Waals surface area (Å²) in [5, 5.41) is 4.68. The molecular formula is C24H23Cl2N3O4S. The van der Waals surface area contributed by atoms with E-state index in [2.05, 4.69) is 10.5 Å². The van der Waals surface area contributed by atoms with Gasteiger partial charge in [0.2, 0.25) is 10.0 Å². The van der Waals surface area contributed by atoms with Gasteiger partial charge in [-0.25, -0.2) is 13.8 Å². The number of hydrazone groups is 1. The van der Waals surface area contributed by atoms with Crippen molar-refractivity contribution >= 4 is 45.3 Å². The largest absolute Gasteiger partial charge is 0.493 e.